The average molecular weight is 289 g/mol. The van der Waals surface area contributed by atoms with Crippen LogP contribution in [-0.2, 0) is 6.61 Å². The van der Waals surface area contributed by atoms with Crippen LogP contribution in [0.3, 0.4) is 0 Å². The van der Waals surface area contributed by atoms with Crippen LogP contribution in [0.4, 0.5) is 0 Å². The number of hydrogen-bond acceptors (Lipinski definition) is 2. The van der Waals surface area contributed by atoms with Crippen molar-refractivity contribution in [2.24, 2.45) is 5.73 Å². The average Bonchev–Trinajstić information content (AvgIpc) is 2.39. The van der Waals surface area contributed by atoms with E-state index >= 15 is 0 Å². The Morgan fingerprint density at radius 1 is 1.20 bits per heavy atom. The lowest BCUT2D eigenvalue weighted by Crippen LogP contribution is -2.12. The van der Waals surface area contributed by atoms with Gasteiger partial charge in [-0.2, -0.15) is 0 Å². The first-order valence-electron chi connectivity index (χ1n) is 6.31. The molecule has 0 atom stereocenters. The van der Waals surface area contributed by atoms with Gasteiger partial charge in [0, 0.05) is 16.1 Å². The van der Waals surface area contributed by atoms with Crippen molar-refractivity contribution in [3.05, 3.63) is 63.7 Å². The van der Waals surface area contributed by atoms with E-state index in [9.17, 15) is 0 Å². The lowest BCUT2D eigenvalue weighted by Gasteiger charge is -2.14. The SMILES string of the molecule is Cc1cc(C(=N)N)cc(C)c1OCc1ccccc1Cl. The summed E-state index contributed by atoms with van der Waals surface area (Å²) in [6.07, 6.45) is 0. The van der Waals surface area contributed by atoms with Crippen LogP contribution in [0.5, 0.6) is 5.75 Å². The first-order chi connectivity index (χ1) is 9.49. The minimum atomic E-state index is 0.0638. The molecule has 4 heteroatoms. The molecule has 0 fully saturated rings. The predicted octanol–water partition coefficient (Wildman–Crippen LogP) is 3.82. The Kier molecular flexibility index (Phi) is 4.30. The van der Waals surface area contributed by atoms with Gasteiger partial charge in [0.2, 0.25) is 0 Å². The molecule has 0 amide bonds. The molecular weight excluding hydrogens is 272 g/mol. The van der Waals surface area contributed by atoms with E-state index in [2.05, 4.69) is 0 Å². The summed E-state index contributed by atoms with van der Waals surface area (Å²) in [7, 11) is 0. The molecule has 0 saturated heterocycles. The van der Waals surface area contributed by atoms with Crippen molar-refractivity contribution < 1.29 is 4.74 Å². The van der Waals surface area contributed by atoms with Crippen molar-refractivity contribution in [2.45, 2.75) is 20.5 Å². The molecule has 3 N–H and O–H groups in total. The standard InChI is InChI=1S/C16H17ClN2O/c1-10-7-13(16(18)19)8-11(2)15(10)20-9-12-5-3-4-6-14(12)17/h3-8H,9H2,1-2H3,(H3,18,19). The summed E-state index contributed by atoms with van der Waals surface area (Å²) in [5.74, 6) is 0.878. The smallest absolute Gasteiger partial charge is 0.125 e. The van der Waals surface area contributed by atoms with Crippen molar-refractivity contribution in [2.75, 3.05) is 0 Å². The van der Waals surface area contributed by atoms with Crippen LogP contribution in [0.1, 0.15) is 22.3 Å². The van der Waals surface area contributed by atoms with Crippen molar-refractivity contribution >= 4 is 17.4 Å². The van der Waals surface area contributed by atoms with Gasteiger partial charge in [-0.15, -0.1) is 0 Å². The molecule has 0 aliphatic carbocycles. The van der Waals surface area contributed by atoms with Gasteiger partial charge >= 0.3 is 0 Å². The number of hydrogen-bond donors (Lipinski definition) is 2. The van der Waals surface area contributed by atoms with E-state index in [1.165, 1.54) is 0 Å². The molecule has 20 heavy (non-hydrogen) atoms. The summed E-state index contributed by atoms with van der Waals surface area (Å²) in [6.45, 7) is 4.31. The number of amidine groups is 1. The maximum absolute atomic E-state index is 7.48. The third-order valence-corrected chi connectivity index (χ3v) is 3.47. The van der Waals surface area contributed by atoms with Crippen molar-refractivity contribution in [1.82, 2.24) is 0 Å². The molecule has 0 spiro atoms. The van der Waals surface area contributed by atoms with E-state index < -0.39 is 0 Å². The Morgan fingerprint density at radius 3 is 2.35 bits per heavy atom. The highest BCUT2D eigenvalue weighted by Crippen LogP contribution is 2.26. The van der Waals surface area contributed by atoms with Crippen LogP contribution < -0.4 is 10.5 Å². The third kappa shape index (κ3) is 3.11. The van der Waals surface area contributed by atoms with Gasteiger partial charge in [0.15, 0.2) is 0 Å². The minimum absolute atomic E-state index is 0.0638. The molecule has 0 heterocycles. The lowest BCUT2D eigenvalue weighted by atomic mass is 10.1. The number of aryl methyl sites for hydroxylation is 2. The van der Waals surface area contributed by atoms with Crippen molar-refractivity contribution in [1.29, 1.82) is 5.41 Å². The highest BCUT2D eigenvalue weighted by atomic mass is 35.5. The van der Waals surface area contributed by atoms with Crippen molar-refractivity contribution in [3.63, 3.8) is 0 Å². The van der Waals surface area contributed by atoms with Gasteiger partial charge in [0.05, 0.1) is 0 Å². The fourth-order valence-electron chi connectivity index (χ4n) is 2.10. The molecule has 0 unspecified atom stereocenters. The number of halogens is 1. The minimum Gasteiger partial charge on any atom is -0.488 e. The topological polar surface area (TPSA) is 59.1 Å². The van der Waals surface area contributed by atoms with Gasteiger partial charge in [-0.1, -0.05) is 29.8 Å². The molecule has 2 rings (SSSR count). The van der Waals surface area contributed by atoms with Crippen LogP contribution in [0.2, 0.25) is 5.02 Å². The van der Waals surface area contributed by atoms with Crippen LogP contribution in [0.25, 0.3) is 0 Å². The summed E-state index contributed by atoms with van der Waals surface area (Å²) >= 11 is 6.11. The highest BCUT2D eigenvalue weighted by molar-refractivity contribution is 6.31. The predicted molar refractivity (Wildman–Crippen MR) is 82.7 cm³/mol. The number of nitrogen functional groups attached to an aromatic ring is 1. The monoisotopic (exact) mass is 288 g/mol. The Hall–Kier alpha value is -2.00. The lowest BCUT2D eigenvalue weighted by molar-refractivity contribution is 0.302. The maximum Gasteiger partial charge on any atom is 0.125 e. The molecule has 0 radical (unpaired) electrons. The van der Waals surface area contributed by atoms with Gasteiger partial charge in [-0.3, -0.25) is 5.41 Å². The van der Waals surface area contributed by atoms with Crippen LogP contribution in [-0.4, -0.2) is 5.84 Å². The summed E-state index contributed by atoms with van der Waals surface area (Å²) < 4.78 is 5.87. The largest absolute Gasteiger partial charge is 0.488 e. The van der Waals surface area contributed by atoms with E-state index in [1.54, 1.807) is 0 Å². The van der Waals surface area contributed by atoms with Crippen LogP contribution in [0.15, 0.2) is 36.4 Å². The Morgan fingerprint density at radius 2 is 1.80 bits per heavy atom. The molecule has 2 aromatic rings. The van der Waals surface area contributed by atoms with Gasteiger partial charge in [0.1, 0.15) is 18.2 Å². The van der Waals surface area contributed by atoms with Crippen molar-refractivity contribution in [3.8, 4) is 5.75 Å². The number of ether oxygens (including phenoxy) is 1. The van der Waals surface area contributed by atoms with E-state index in [0.29, 0.717) is 17.2 Å². The zero-order valence-electron chi connectivity index (χ0n) is 11.5. The summed E-state index contributed by atoms with van der Waals surface area (Å²) in [5, 5.41) is 8.18. The first-order valence-corrected chi connectivity index (χ1v) is 6.68. The quantitative estimate of drug-likeness (QED) is 0.664. The Labute approximate surface area is 123 Å². The highest BCUT2D eigenvalue weighted by Gasteiger charge is 2.09. The molecule has 0 aliphatic rings. The molecule has 3 nitrogen and oxygen atoms in total. The van der Waals surface area contributed by atoms with E-state index in [-0.39, 0.29) is 5.84 Å². The van der Waals surface area contributed by atoms with Gasteiger partial charge in [-0.25, -0.2) is 0 Å². The first kappa shape index (κ1) is 14.4. The summed E-state index contributed by atoms with van der Waals surface area (Å²) in [5.41, 5.74) is 9.09. The zero-order chi connectivity index (χ0) is 14.7. The Balaban J connectivity index is 2.22. The third-order valence-electron chi connectivity index (χ3n) is 3.10. The second-order valence-corrected chi connectivity index (χ2v) is 5.14. The normalized spacial score (nSPS) is 10.3. The fourth-order valence-corrected chi connectivity index (χ4v) is 2.29. The number of rotatable bonds is 4. The van der Waals surface area contributed by atoms with Crippen LogP contribution >= 0.6 is 11.6 Å². The molecule has 2 aromatic carbocycles. The Bertz CT molecular complexity index is 630. The van der Waals surface area contributed by atoms with E-state index in [4.69, 9.17) is 27.5 Å². The second kappa shape index (κ2) is 5.97. The molecule has 0 saturated carbocycles. The van der Waals surface area contributed by atoms with Gasteiger partial charge < -0.3 is 10.5 Å². The van der Waals surface area contributed by atoms with Gasteiger partial charge in [-0.05, 0) is 43.2 Å². The maximum atomic E-state index is 7.48. The van der Waals surface area contributed by atoms with Gasteiger partial charge in [0.25, 0.3) is 0 Å². The van der Waals surface area contributed by atoms with E-state index in [0.717, 1.165) is 22.4 Å². The molecule has 0 aromatic heterocycles. The van der Waals surface area contributed by atoms with Crippen LogP contribution in [0, 0.1) is 19.3 Å². The number of nitrogens with one attached hydrogen (secondary N) is 1. The zero-order valence-corrected chi connectivity index (χ0v) is 12.3. The fraction of sp³-hybridized carbons (Fsp3) is 0.188. The number of benzene rings is 2. The molecule has 0 aliphatic heterocycles. The van der Waals surface area contributed by atoms with E-state index in [1.807, 2.05) is 50.2 Å². The second-order valence-electron chi connectivity index (χ2n) is 4.73. The molecule has 0 bridgehead atoms. The molecular formula is C16H17ClN2O. The summed E-state index contributed by atoms with van der Waals surface area (Å²) in [4.78, 5) is 0. The molecule has 104 valence electrons. The summed E-state index contributed by atoms with van der Waals surface area (Å²) in [6, 6.07) is 11.3. The number of nitrogens with two attached hydrogens (primary N) is 1.